The van der Waals surface area contributed by atoms with Crippen molar-refractivity contribution in [2.75, 3.05) is 32.8 Å². The lowest BCUT2D eigenvalue weighted by atomic mass is 10.1. The predicted molar refractivity (Wildman–Crippen MR) is 73.7 cm³/mol. The molecule has 1 atom stereocenters. The SMILES string of the molecule is CC1(C)CN(C(=O)C2CCCN2C(=O)OCC(F)(F)F)CCO1. The van der Waals surface area contributed by atoms with Gasteiger partial charge in [-0.2, -0.15) is 13.2 Å². The van der Waals surface area contributed by atoms with Crippen molar-refractivity contribution in [3.8, 4) is 0 Å². The Morgan fingerprint density at radius 3 is 2.61 bits per heavy atom. The van der Waals surface area contributed by atoms with Crippen LogP contribution in [0.4, 0.5) is 18.0 Å². The summed E-state index contributed by atoms with van der Waals surface area (Å²) < 4.78 is 46.3. The van der Waals surface area contributed by atoms with Crippen LogP contribution in [0.15, 0.2) is 0 Å². The van der Waals surface area contributed by atoms with Crippen LogP contribution in [0.2, 0.25) is 0 Å². The molecule has 2 amide bonds. The van der Waals surface area contributed by atoms with Crippen LogP contribution >= 0.6 is 0 Å². The fourth-order valence-electron chi connectivity index (χ4n) is 2.88. The second-order valence-corrected chi connectivity index (χ2v) is 6.39. The zero-order valence-electron chi connectivity index (χ0n) is 13.2. The zero-order valence-corrected chi connectivity index (χ0v) is 13.2. The minimum atomic E-state index is -4.58. The van der Waals surface area contributed by atoms with Crippen molar-refractivity contribution in [1.29, 1.82) is 0 Å². The summed E-state index contributed by atoms with van der Waals surface area (Å²) in [6.45, 7) is 3.48. The van der Waals surface area contributed by atoms with Gasteiger partial charge in [0.15, 0.2) is 6.61 Å². The van der Waals surface area contributed by atoms with Gasteiger partial charge in [0.1, 0.15) is 6.04 Å². The van der Waals surface area contributed by atoms with Crippen molar-refractivity contribution < 1.29 is 32.2 Å². The Bertz CT molecular complexity index is 467. The van der Waals surface area contributed by atoms with E-state index in [1.807, 2.05) is 13.8 Å². The average Bonchev–Trinajstić information content (AvgIpc) is 2.91. The number of hydrogen-bond acceptors (Lipinski definition) is 4. The van der Waals surface area contributed by atoms with E-state index in [0.717, 1.165) is 4.90 Å². The Kier molecular flexibility index (Phi) is 5.07. The second-order valence-electron chi connectivity index (χ2n) is 6.39. The Morgan fingerprint density at radius 2 is 2.00 bits per heavy atom. The van der Waals surface area contributed by atoms with Crippen LogP contribution in [0.1, 0.15) is 26.7 Å². The molecule has 2 saturated heterocycles. The van der Waals surface area contributed by atoms with E-state index in [4.69, 9.17) is 4.74 Å². The molecule has 0 bridgehead atoms. The molecule has 0 aromatic heterocycles. The van der Waals surface area contributed by atoms with Crippen molar-refractivity contribution in [2.45, 2.75) is 44.5 Å². The third-order valence-electron chi connectivity index (χ3n) is 3.87. The molecule has 0 spiro atoms. The number of alkyl halides is 3. The van der Waals surface area contributed by atoms with Gasteiger partial charge in [0, 0.05) is 19.6 Å². The standard InChI is InChI=1S/C14H21F3N2O4/c1-13(2)8-18(6-7-23-13)11(20)10-4-3-5-19(10)12(21)22-9-14(15,16)17/h10H,3-9H2,1-2H3. The number of rotatable bonds is 2. The number of carbonyl (C=O) groups is 2. The number of hydrogen-bond donors (Lipinski definition) is 0. The minimum Gasteiger partial charge on any atom is -0.440 e. The van der Waals surface area contributed by atoms with E-state index < -0.39 is 30.5 Å². The van der Waals surface area contributed by atoms with E-state index in [9.17, 15) is 22.8 Å². The van der Waals surface area contributed by atoms with Crippen molar-refractivity contribution in [2.24, 2.45) is 0 Å². The zero-order chi connectivity index (χ0) is 17.3. The fourth-order valence-corrected chi connectivity index (χ4v) is 2.88. The van der Waals surface area contributed by atoms with E-state index in [-0.39, 0.29) is 12.5 Å². The maximum Gasteiger partial charge on any atom is 0.422 e. The fraction of sp³-hybridized carbons (Fsp3) is 0.857. The number of nitrogens with zero attached hydrogens (tertiary/aromatic N) is 2. The van der Waals surface area contributed by atoms with Crippen LogP contribution in [0.25, 0.3) is 0 Å². The van der Waals surface area contributed by atoms with Crippen LogP contribution < -0.4 is 0 Å². The van der Waals surface area contributed by atoms with Gasteiger partial charge in [-0.15, -0.1) is 0 Å². The normalized spacial score (nSPS) is 24.7. The molecule has 2 heterocycles. The molecule has 0 radical (unpaired) electrons. The molecular formula is C14H21F3N2O4. The third kappa shape index (κ3) is 4.73. The third-order valence-corrected chi connectivity index (χ3v) is 3.87. The summed E-state index contributed by atoms with van der Waals surface area (Å²) in [7, 11) is 0. The highest BCUT2D eigenvalue weighted by atomic mass is 19.4. The lowest BCUT2D eigenvalue weighted by Crippen LogP contribution is -2.55. The molecule has 0 aromatic carbocycles. The number of ether oxygens (including phenoxy) is 2. The van der Waals surface area contributed by atoms with Gasteiger partial charge in [0.05, 0.1) is 12.2 Å². The van der Waals surface area contributed by atoms with Crippen molar-refractivity contribution in [1.82, 2.24) is 9.80 Å². The minimum absolute atomic E-state index is 0.223. The lowest BCUT2D eigenvalue weighted by molar-refractivity contribution is -0.163. The highest BCUT2D eigenvalue weighted by molar-refractivity contribution is 5.86. The molecule has 9 heteroatoms. The van der Waals surface area contributed by atoms with Gasteiger partial charge < -0.3 is 14.4 Å². The van der Waals surface area contributed by atoms with E-state index in [0.29, 0.717) is 32.5 Å². The summed E-state index contributed by atoms with van der Waals surface area (Å²) in [5.74, 6) is -0.261. The van der Waals surface area contributed by atoms with Crippen molar-refractivity contribution in [3.63, 3.8) is 0 Å². The Morgan fingerprint density at radius 1 is 1.30 bits per heavy atom. The summed E-state index contributed by atoms with van der Waals surface area (Å²) in [4.78, 5) is 27.1. The number of halogens is 3. The summed E-state index contributed by atoms with van der Waals surface area (Å²) in [5.41, 5.74) is -0.478. The molecule has 0 aromatic rings. The maximum absolute atomic E-state index is 12.6. The van der Waals surface area contributed by atoms with Gasteiger partial charge in [-0.1, -0.05) is 0 Å². The van der Waals surface area contributed by atoms with Gasteiger partial charge >= 0.3 is 12.3 Å². The summed E-state index contributed by atoms with van der Waals surface area (Å²) in [5, 5.41) is 0. The van der Waals surface area contributed by atoms with Gasteiger partial charge in [-0.3, -0.25) is 9.69 Å². The molecule has 2 fully saturated rings. The van der Waals surface area contributed by atoms with E-state index in [2.05, 4.69) is 4.74 Å². The van der Waals surface area contributed by atoms with Gasteiger partial charge in [-0.05, 0) is 26.7 Å². The van der Waals surface area contributed by atoms with E-state index in [1.54, 1.807) is 4.90 Å². The highest BCUT2D eigenvalue weighted by Crippen LogP contribution is 2.24. The van der Waals surface area contributed by atoms with Crippen LogP contribution in [-0.4, -0.2) is 72.5 Å². The summed E-state index contributed by atoms with van der Waals surface area (Å²) in [6.07, 6.45) is -4.68. The van der Waals surface area contributed by atoms with Crippen LogP contribution in [0, 0.1) is 0 Å². The molecule has 23 heavy (non-hydrogen) atoms. The lowest BCUT2D eigenvalue weighted by Gasteiger charge is -2.40. The molecule has 2 aliphatic rings. The molecule has 0 N–H and O–H groups in total. The first-order chi connectivity index (χ1) is 10.6. The Balaban J connectivity index is 1.97. The van der Waals surface area contributed by atoms with Gasteiger partial charge in [0.25, 0.3) is 0 Å². The smallest absolute Gasteiger partial charge is 0.422 e. The Labute approximate surface area is 132 Å². The maximum atomic E-state index is 12.6. The van der Waals surface area contributed by atoms with E-state index >= 15 is 0 Å². The second kappa shape index (κ2) is 6.54. The molecule has 6 nitrogen and oxygen atoms in total. The molecule has 0 saturated carbocycles. The highest BCUT2D eigenvalue weighted by Gasteiger charge is 2.41. The summed E-state index contributed by atoms with van der Waals surface area (Å²) >= 11 is 0. The van der Waals surface area contributed by atoms with Crippen LogP contribution in [0.5, 0.6) is 0 Å². The molecular weight excluding hydrogens is 317 g/mol. The average molecular weight is 338 g/mol. The molecule has 132 valence electrons. The van der Waals surface area contributed by atoms with Crippen LogP contribution in [-0.2, 0) is 14.3 Å². The summed E-state index contributed by atoms with van der Waals surface area (Å²) in [6, 6.07) is -0.760. The number of morpholine rings is 1. The monoisotopic (exact) mass is 338 g/mol. The van der Waals surface area contributed by atoms with Crippen LogP contribution in [0.3, 0.4) is 0 Å². The molecule has 0 aliphatic carbocycles. The molecule has 1 unspecified atom stereocenters. The first-order valence-corrected chi connectivity index (χ1v) is 7.52. The number of carbonyl (C=O) groups excluding carboxylic acids is 2. The topological polar surface area (TPSA) is 59.1 Å². The largest absolute Gasteiger partial charge is 0.440 e. The van der Waals surface area contributed by atoms with Crippen molar-refractivity contribution in [3.05, 3.63) is 0 Å². The first kappa shape index (κ1) is 17.8. The van der Waals surface area contributed by atoms with Gasteiger partial charge in [-0.25, -0.2) is 4.79 Å². The van der Waals surface area contributed by atoms with Gasteiger partial charge in [0.2, 0.25) is 5.91 Å². The number of amides is 2. The quantitative estimate of drug-likeness (QED) is 0.770. The van der Waals surface area contributed by atoms with Crippen molar-refractivity contribution >= 4 is 12.0 Å². The first-order valence-electron chi connectivity index (χ1n) is 7.52. The molecule has 2 rings (SSSR count). The number of likely N-dealkylation sites (tertiary alicyclic amines) is 1. The Hall–Kier alpha value is -1.51. The van der Waals surface area contributed by atoms with E-state index in [1.165, 1.54) is 0 Å². The molecule has 2 aliphatic heterocycles. The predicted octanol–water partition coefficient (Wildman–Crippen LogP) is 1.79.